The van der Waals surface area contributed by atoms with Crippen molar-refractivity contribution < 1.29 is 13.1 Å². The van der Waals surface area contributed by atoms with E-state index in [1.807, 2.05) is 58.2 Å². The van der Waals surface area contributed by atoms with Crippen LogP contribution in [-0.2, 0) is 13.4 Å². The summed E-state index contributed by atoms with van der Waals surface area (Å²) in [5.74, 6) is -0.229. The predicted octanol–water partition coefficient (Wildman–Crippen LogP) is 6.14. The van der Waals surface area contributed by atoms with Gasteiger partial charge in [-0.2, -0.15) is 0 Å². The molecule has 0 amide bonds. The zero-order chi connectivity index (χ0) is 21.8. The number of pyridine rings is 1. The highest BCUT2D eigenvalue weighted by Crippen LogP contribution is 2.38. The van der Waals surface area contributed by atoms with Crippen LogP contribution in [-0.4, -0.2) is 0 Å². The third-order valence-corrected chi connectivity index (χ3v) is 4.74. The van der Waals surface area contributed by atoms with Gasteiger partial charge in [0.1, 0.15) is 19.6 Å². The highest BCUT2D eigenvalue weighted by molar-refractivity contribution is 6.10. The largest absolute Gasteiger partial charge is 0.455 e. The number of aryl methyl sites for hydroxylation is 1. The minimum atomic E-state index is -1.56. The molecule has 0 fully saturated rings. The highest BCUT2D eigenvalue weighted by Gasteiger charge is 2.21. The Morgan fingerprint density at radius 1 is 1.19 bits per heavy atom. The van der Waals surface area contributed by atoms with E-state index >= 15 is 0 Å². The van der Waals surface area contributed by atoms with Crippen molar-refractivity contribution >= 4 is 27.6 Å². The van der Waals surface area contributed by atoms with Crippen LogP contribution >= 0.6 is 0 Å². The Morgan fingerprint density at radius 3 is 2.74 bits per heavy atom. The van der Waals surface area contributed by atoms with Crippen molar-refractivity contribution in [2.24, 2.45) is 13.0 Å². The first-order chi connectivity index (χ1) is 14.1. The van der Waals surface area contributed by atoms with Gasteiger partial charge in [0.25, 0.3) is 0 Å². The number of benzene rings is 2. The molecule has 0 bridgehead atoms. The minimum absolute atomic E-state index is 0.229. The van der Waals surface area contributed by atoms with Crippen LogP contribution in [0.3, 0.4) is 0 Å². The molecule has 3 nitrogen and oxygen atoms in total. The Kier molecular flexibility index (Phi) is 3.40. The number of hydrogen-bond donors (Lipinski definition) is 0. The van der Waals surface area contributed by atoms with Crippen LogP contribution in [0.15, 0.2) is 53.1 Å². The molecule has 0 radical (unpaired) electrons. The van der Waals surface area contributed by atoms with Gasteiger partial charge in [0.05, 0.1) is 12.1 Å². The second kappa shape index (κ2) is 6.55. The maximum absolute atomic E-state index is 8.52. The molecule has 0 saturated heterocycles. The van der Waals surface area contributed by atoms with Crippen LogP contribution in [0.4, 0.5) is 5.69 Å². The van der Waals surface area contributed by atoms with E-state index < -0.39 is 6.37 Å². The molecular formula is C24H23N2O+. The van der Waals surface area contributed by atoms with E-state index in [9.17, 15) is 0 Å². The zero-order valence-corrected chi connectivity index (χ0v) is 15.9. The normalized spacial score (nSPS) is 13.6. The average Bonchev–Trinajstić information content (AvgIpc) is 3.07. The molecule has 2 heterocycles. The molecule has 27 heavy (non-hydrogen) atoms. The summed E-state index contributed by atoms with van der Waals surface area (Å²) >= 11 is 0. The molecule has 0 atom stereocenters. The van der Waals surface area contributed by atoms with Gasteiger partial charge in [-0.15, -0.1) is 0 Å². The number of nitrogens with zero attached hydrogens (tertiary/aromatic N) is 2. The average molecular weight is 358 g/mol. The first-order valence-corrected chi connectivity index (χ1v) is 9.00. The van der Waals surface area contributed by atoms with Gasteiger partial charge in [0.2, 0.25) is 5.69 Å². The van der Waals surface area contributed by atoms with Crippen molar-refractivity contribution in [2.45, 2.75) is 27.1 Å². The van der Waals surface area contributed by atoms with Crippen LogP contribution in [0.2, 0.25) is 0 Å². The van der Waals surface area contributed by atoms with Gasteiger partial charge in [-0.25, -0.2) is 9.41 Å². The summed E-state index contributed by atoms with van der Waals surface area (Å²) in [6, 6.07) is 12.8. The maximum atomic E-state index is 8.52. The smallest absolute Gasteiger partial charge is 0.216 e. The van der Waals surface area contributed by atoms with E-state index in [0.717, 1.165) is 27.6 Å². The fourth-order valence-electron chi connectivity index (χ4n) is 3.49. The van der Waals surface area contributed by atoms with Gasteiger partial charge in [0.15, 0.2) is 11.9 Å². The molecule has 4 rings (SSSR count). The summed E-state index contributed by atoms with van der Waals surface area (Å²) in [7, 11) is 1.81. The molecule has 0 aliphatic heterocycles. The molecule has 0 aliphatic rings. The summed E-state index contributed by atoms with van der Waals surface area (Å²) < 4.78 is 33.4. The van der Waals surface area contributed by atoms with Gasteiger partial charge in [-0.3, -0.25) is 0 Å². The van der Waals surface area contributed by atoms with E-state index in [2.05, 4.69) is 4.85 Å². The summed E-state index contributed by atoms with van der Waals surface area (Å²) in [4.78, 5) is 3.52. The van der Waals surface area contributed by atoms with E-state index in [-0.39, 0.29) is 12.1 Å². The summed E-state index contributed by atoms with van der Waals surface area (Å²) in [6.07, 6.45) is -1.33. The number of furan rings is 1. The third kappa shape index (κ3) is 2.98. The lowest BCUT2D eigenvalue weighted by Crippen LogP contribution is -2.31. The van der Waals surface area contributed by atoms with Crippen LogP contribution in [0.5, 0.6) is 0 Å². The Balaban J connectivity index is 2.08. The molecular weight excluding hydrogens is 332 g/mol. The zero-order valence-electron chi connectivity index (χ0n) is 18.9. The first kappa shape index (κ1) is 14.0. The Hall–Kier alpha value is -3.12. The second-order valence-corrected chi connectivity index (χ2v) is 7.14. The first-order valence-electron chi connectivity index (χ1n) is 10.5. The van der Waals surface area contributed by atoms with E-state index in [4.69, 9.17) is 15.1 Å². The van der Waals surface area contributed by atoms with E-state index in [1.54, 1.807) is 16.7 Å². The van der Waals surface area contributed by atoms with Gasteiger partial charge in [-0.05, 0) is 42.5 Å². The van der Waals surface area contributed by atoms with Gasteiger partial charge < -0.3 is 4.42 Å². The minimum Gasteiger partial charge on any atom is -0.455 e. The third-order valence-electron chi connectivity index (χ3n) is 4.74. The molecule has 0 N–H and O–H groups in total. The lowest BCUT2D eigenvalue weighted by Gasteiger charge is -2.09. The number of fused-ring (bicyclic) bond motifs is 3. The van der Waals surface area contributed by atoms with Crippen molar-refractivity contribution in [1.29, 1.82) is 0 Å². The van der Waals surface area contributed by atoms with Crippen LogP contribution in [0, 0.1) is 19.4 Å². The molecule has 2 aromatic carbocycles. The lowest BCUT2D eigenvalue weighted by atomic mass is 9.97. The van der Waals surface area contributed by atoms with Crippen LogP contribution < -0.4 is 4.57 Å². The molecule has 0 unspecified atom stereocenters. The fourth-order valence-corrected chi connectivity index (χ4v) is 3.49. The Bertz CT molecular complexity index is 1350. The maximum Gasteiger partial charge on any atom is 0.216 e. The number of hydrogen-bond acceptors (Lipinski definition) is 1. The summed E-state index contributed by atoms with van der Waals surface area (Å²) in [5.41, 5.74) is 4.97. The molecule has 0 saturated carbocycles. The van der Waals surface area contributed by atoms with Crippen LogP contribution in [0.25, 0.3) is 38.0 Å². The molecule has 2 aromatic heterocycles. The molecule has 3 heteroatoms. The predicted molar refractivity (Wildman–Crippen MR) is 110 cm³/mol. The lowest BCUT2D eigenvalue weighted by molar-refractivity contribution is -0.660. The SMILES string of the molecule is [2H]c1cc(C([2H])([2H])C(C)C)cc(-c2c(C)ccc3c2oc2ccc([N+]#[C-])cc23)[n+]1C. The standard InChI is InChI=1S/C24H23N2O/c1-15(2)12-17-10-11-26(5)21(13-17)23-16(3)6-8-19-20-14-18(25-4)7-9-22(20)27-24(19)23/h6-11,13-15H,12H2,1-3,5H3/q+1/i11D,12D2. The van der Waals surface area contributed by atoms with E-state index in [0.29, 0.717) is 22.4 Å². The number of aromatic nitrogens is 1. The second-order valence-electron chi connectivity index (χ2n) is 7.14. The van der Waals surface area contributed by atoms with Gasteiger partial charge in [-0.1, -0.05) is 32.0 Å². The molecule has 0 aliphatic carbocycles. The van der Waals surface area contributed by atoms with Crippen molar-refractivity contribution in [3.8, 4) is 11.3 Å². The van der Waals surface area contributed by atoms with Crippen molar-refractivity contribution in [3.63, 3.8) is 0 Å². The molecule has 0 spiro atoms. The fraction of sp³-hybridized carbons (Fsp3) is 0.250. The van der Waals surface area contributed by atoms with Crippen molar-refractivity contribution in [1.82, 2.24) is 0 Å². The topological polar surface area (TPSA) is 21.4 Å². The van der Waals surface area contributed by atoms with Crippen LogP contribution in [0.1, 0.15) is 29.1 Å². The van der Waals surface area contributed by atoms with Crippen molar-refractivity contribution in [3.05, 3.63) is 71.2 Å². The quantitative estimate of drug-likeness (QED) is 0.318. The monoisotopic (exact) mass is 358 g/mol. The van der Waals surface area contributed by atoms with Crippen molar-refractivity contribution in [2.75, 3.05) is 0 Å². The Labute approximate surface area is 163 Å². The summed E-state index contributed by atoms with van der Waals surface area (Å²) in [6.45, 7) is 13.0. The van der Waals surface area contributed by atoms with E-state index in [1.165, 1.54) is 0 Å². The summed E-state index contributed by atoms with van der Waals surface area (Å²) in [5, 5.41) is 1.78. The van der Waals surface area contributed by atoms with Gasteiger partial charge >= 0.3 is 0 Å². The van der Waals surface area contributed by atoms with Gasteiger partial charge in [0, 0.05) is 25.6 Å². The highest BCUT2D eigenvalue weighted by atomic mass is 16.3. The number of rotatable bonds is 3. The molecule has 4 aromatic rings. The Morgan fingerprint density at radius 2 is 2.00 bits per heavy atom. The molecule has 134 valence electrons.